The third-order valence-corrected chi connectivity index (χ3v) is 2.05. The molecule has 0 N–H and O–H groups in total. The van der Waals surface area contributed by atoms with Crippen LogP contribution >= 0.6 is 0 Å². The van der Waals surface area contributed by atoms with Crippen LogP contribution in [0, 0.1) is 29.6 Å². The van der Waals surface area contributed by atoms with E-state index in [2.05, 4.69) is 13.0 Å². The van der Waals surface area contributed by atoms with Gasteiger partial charge in [0, 0.05) is 19.5 Å². The highest BCUT2D eigenvalue weighted by atomic mass is 16.2. The van der Waals surface area contributed by atoms with Crippen molar-refractivity contribution in [3.63, 3.8) is 0 Å². The monoisotopic (exact) mass is 179 g/mol. The number of nitrogens with zero attached hydrogens (tertiary/aromatic N) is 2. The first-order valence-electron chi connectivity index (χ1n) is 4.45. The van der Waals surface area contributed by atoms with Gasteiger partial charge in [-0.25, -0.2) is 0 Å². The lowest BCUT2D eigenvalue weighted by Gasteiger charge is -2.36. The summed E-state index contributed by atoms with van der Waals surface area (Å²) in [6.45, 7) is 8.96. The number of hydrogen-bond donors (Lipinski definition) is 0. The van der Waals surface area contributed by atoms with E-state index < -0.39 is 0 Å². The lowest BCUT2D eigenvalue weighted by molar-refractivity contribution is -0.137. The Morgan fingerprint density at radius 2 is 2.23 bits per heavy atom. The van der Waals surface area contributed by atoms with Crippen molar-refractivity contribution in [2.75, 3.05) is 13.1 Å². The van der Waals surface area contributed by atoms with E-state index in [1.165, 1.54) is 0 Å². The fourth-order valence-corrected chi connectivity index (χ4v) is 1.29. The Bertz CT molecular complexity index is 241. The molecule has 1 aliphatic heterocycles. The lowest BCUT2D eigenvalue weighted by atomic mass is 9.90. The zero-order valence-electron chi connectivity index (χ0n) is 8.21. The minimum Gasteiger partial charge on any atom is -0.340 e. The predicted octanol–water partition coefficient (Wildman–Crippen LogP) is 1.22. The normalized spacial score (nSPS) is 17.8. The molecule has 1 rings (SSSR count). The number of likely N-dealkylation sites (tertiary alicyclic amines) is 1. The van der Waals surface area contributed by atoms with Crippen LogP contribution < -0.4 is 0 Å². The van der Waals surface area contributed by atoms with Crippen LogP contribution in [0.2, 0.25) is 0 Å². The van der Waals surface area contributed by atoms with Crippen LogP contribution in [0.5, 0.6) is 0 Å². The van der Waals surface area contributed by atoms with Crippen LogP contribution in [-0.2, 0) is 4.79 Å². The van der Waals surface area contributed by atoms with E-state index in [0.29, 0.717) is 19.5 Å². The van der Waals surface area contributed by atoms with Crippen molar-refractivity contribution in [1.29, 1.82) is 5.26 Å². The fraction of sp³-hybridized carbons (Fsp3) is 0.700. The summed E-state index contributed by atoms with van der Waals surface area (Å²) in [5, 5.41) is 8.52. The Morgan fingerprint density at radius 1 is 1.69 bits per heavy atom. The maximum Gasteiger partial charge on any atom is 0.223 e. The smallest absolute Gasteiger partial charge is 0.223 e. The number of rotatable bonds is 2. The molecular formula is C10H15N2O. The molecule has 0 saturated carbocycles. The van der Waals surface area contributed by atoms with Crippen molar-refractivity contribution in [2.45, 2.75) is 20.3 Å². The average molecular weight is 179 g/mol. The van der Waals surface area contributed by atoms with Gasteiger partial charge in [-0.2, -0.15) is 5.26 Å². The Hall–Kier alpha value is -1.04. The summed E-state index contributed by atoms with van der Waals surface area (Å²) in [6, 6.07) is 2.14. The summed E-state index contributed by atoms with van der Waals surface area (Å²) < 4.78 is 0. The van der Waals surface area contributed by atoms with Crippen LogP contribution in [0.15, 0.2) is 0 Å². The summed E-state index contributed by atoms with van der Waals surface area (Å²) in [6.07, 6.45) is 0.463. The van der Waals surface area contributed by atoms with Crippen molar-refractivity contribution in [3.8, 4) is 6.07 Å². The molecular weight excluding hydrogens is 164 g/mol. The standard InChI is InChI=1S/C10H15N2O/c1-10(2,3)4-9(13)12-6-8(5-11)7-12/h8H,1,4,6-7H2,2-3H3. The highest BCUT2D eigenvalue weighted by molar-refractivity contribution is 5.77. The predicted molar refractivity (Wildman–Crippen MR) is 49.4 cm³/mol. The number of hydrogen-bond acceptors (Lipinski definition) is 2. The van der Waals surface area contributed by atoms with Gasteiger partial charge in [0.25, 0.3) is 0 Å². The molecule has 0 aromatic rings. The molecule has 71 valence electrons. The molecule has 1 fully saturated rings. The van der Waals surface area contributed by atoms with E-state index in [4.69, 9.17) is 5.26 Å². The molecule has 0 atom stereocenters. The molecule has 1 radical (unpaired) electrons. The van der Waals surface area contributed by atoms with E-state index >= 15 is 0 Å². The molecule has 13 heavy (non-hydrogen) atoms. The summed E-state index contributed by atoms with van der Waals surface area (Å²) in [7, 11) is 0. The Morgan fingerprint density at radius 3 is 2.62 bits per heavy atom. The highest BCUT2D eigenvalue weighted by Crippen LogP contribution is 2.23. The van der Waals surface area contributed by atoms with Crippen molar-refractivity contribution in [2.24, 2.45) is 11.3 Å². The molecule has 1 aliphatic rings. The second-order valence-electron chi connectivity index (χ2n) is 4.47. The van der Waals surface area contributed by atoms with Gasteiger partial charge in [0.1, 0.15) is 0 Å². The molecule has 3 heteroatoms. The fourth-order valence-electron chi connectivity index (χ4n) is 1.29. The zero-order valence-corrected chi connectivity index (χ0v) is 8.21. The second kappa shape index (κ2) is 3.37. The molecule has 1 amide bonds. The van der Waals surface area contributed by atoms with Gasteiger partial charge in [0.15, 0.2) is 0 Å². The van der Waals surface area contributed by atoms with Gasteiger partial charge in [-0.3, -0.25) is 4.79 Å². The third-order valence-electron chi connectivity index (χ3n) is 2.05. The summed E-state index contributed by atoms with van der Waals surface area (Å²) >= 11 is 0. The maximum absolute atomic E-state index is 11.5. The SMILES string of the molecule is [CH2]C(C)(C)CC(=O)N1CC(C#N)C1. The molecule has 1 heterocycles. The van der Waals surface area contributed by atoms with E-state index in [9.17, 15) is 4.79 Å². The van der Waals surface area contributed by atoms with Crippen molar-refractivity contribution >= 4 is 5.91 Å². The van der Waals surface area contributed by atoms with Crippen LogP contribution in [0.4, 0.5) is 0 Å². The van der Waals surface area contributed by atoms with Crippen molar-refractivity contribution < 1.29 is 4.79 Å². The van der Waals surface area contributed by atoms with Gasteiger partial charge >= 0.3 is 0 Å². The van der Waals surface area contributed by atoms with Crippen LogP contribution in [-0.4, -0.2) is 23.9 Å². The average Bonchev–Trinajstić information content (AvgIpc) is 1.79. The molecule has 0 bridgehead atoms. The number of amides is 1. The van der Waals surface area contributed by atoms with Crippen LogP contribution in [0.25, 0.3) is 0 Å². The molecule has 0 aromatic heterocycles. The summed E-state index contributed by atoms with van der Waals surface area (Å²) in [5.41, 5.74) is -0.200. The first-order valence-corrected chi connectivity index (χ1v) is 4.45. The van der Waals surface area contributed by atoms with Gasteiger partial charge in [-0.1, -0.05) is 13.8 Å². The minimum absolute atomic E-state index is 0.0527. The third kappa shape index (κ3) is 2.73. The molecule has 3 nitrogen and oxygen atoms in total. The first-order chi connectivity index (χ1) is 5.92. The van der Waals surface area contributed by atoms with Gasteiger partial charge in [-0.15, -0.1) is 0 Å². The molecule has 0 aliphatic carbocycles. The molecule has 0 unspecified atom stereocenters. The van der Waals surface area contributed by atoms with Crippen LogP contribution in [0.1, 0.15) is 20.3 Å². The van der Waals surface area contributed by atoms with E-state index in [1.807, 2.05) is 13.8 Å². The number of carbonyl (C=O) groups is 1. The van der Waals surface area contributed by atoms with Crippen LogP contribution in [0.3, 0.4) is 0 Å². The molecule has 0 spiro atoms. The summed E-state index contributed by atoms with van der Waals surface area (Å²) in [4.78, 5) is 13.2. The Labute approximate surface area is 79.3 Å². The summed E-state index contributed by atoms with van der Waals surface area (Å²) in [5.74, 6) is 0.170. The van der Waals surface area contributed by atoms with Gasteiger partial charge in [0.2, 0.25) is 5.91 Å². The Kier molecular flexibility index (Phi) is 2.60. The quantitative estimate of drug-likeness (QED) is 0.639. The van der Waals surface area contributed by atoms with Crippen molar-refractivity contribution in [3.05, 3.63) is 6.92 Å². The van der Waals surface area contributed by atoms with E-state index in [-0.39, 0.29) is 17.2 Å². The number of nitriles is 1. The number of carbonyl (C=O) groups excluding carboxylic acids is 1. The maximum atomic E-state index is 11.5. The van der Waals surface area contributed by atoms with E-state index in [0.717, 1.165) is 0 Å². The van der Waals surface area contributed by atoms with Gasteiger partial charge in [-0.05, 0) is 12.3 Å². The van der Waals surface area contributed by atoms with Gasteiger partial charge in [0.05, 0.1) is 12.0 Å². The largest absolute Gasteiger partial charge is 0.340 e. The van der Waals surface area contributed by atoms with E-state index in [1.54, 1.807) is 4.90 Å². The first kappa shape index (κ1) is 10.0. The molecule has 1 saturated heterocycles. The Balaban J connectivity index is 2.33. The topological polar surface area (TPSA) is 44.1 Å². The zero-order chi connectivity index (χ0) is 10.1. The minimum atomic E-state index is -0.200. The molecule has 0 aromatic carbocycles. The highest BCUT2D eigenvalue weighted by Gasteiger charge is 2.31. The second-order valence-corrected chi connectivity index (χ2v) is 4.47. The van der Waals surface area contributed by atoms with Crippen molar-refractivity contribution in [1.82, 2.24) is 4.90 Å². The van der Waals surface area contributed by atoms with Gasteiger partial charge < -0.3 is 4.90 Å². The lowest BCUT2D eigenvalue weighted by Crippen LogP contribution is -2.50.